The second kappa shape index (κ2) is 11.5. The first-order valence-electron chi connectivity index (χ1n) is 14.4. The van der Waals surface area contributed by atoms with Gasteiger partial charge in [0.2, 0.25) is 5.91 Å². The number of ether oxygens (including phenoxy) is 1. The van der Waals surface area contributed by atoms with Crippen LogP contribution in [0, 0.1) is 6.92 Å². The number of fused-ring (bicyclic) bond motifs is 2. The normalized spacial score (nSPS) is 11.1. The van der Waals surface area contributed by atoms with Crippen LogP contribution in [0.3, 0.4) is 0 Å². The predicted molar refractivity (Wildman–Crippen MR) is 177 cm³/mol. The van der Waals surface area contributed by atoms with Crippen LogP contribution in [-0.2, 0) is 4.79 Å². The predicted octanol–water partition coefficient (Wildman–Crippen LogP) is 8.08. The molecule has 0 fully saturated rings. The summed E-state index contributed by atoms with van der Waals surface area (Å²) in [6.45, 7) is 3.51. The molecule has 2 amide bonds. The molecule has 2 heterocycles. The SMILES string of the molecule is CC(=O)Nc1ccc(NC(=O)c2ccc(-c3nc4cc(Oc5ccc6nc(-c7ccc(C)cc7)[nH]c6c5)ccc4[nH]3)cc2)cc1. The number of hydrogen-bond acceptors (Lipinski definition) is 5. The summed E-state index contributed by atoms with van der Waals surface area (Å²) < 4.78 is 6.19. The second-order valence-corrected chi connectivity index (χ2v) is 10.8. The third-order valence-electron chi connectivity index (χ3n) is 7.35. The summed E-state index contributed by atoms with van der Waals surface area (Å²) in [5.74, 6) is 2.46. The number of aryl methyl sites for hydroxylation is 1. The first-order chi connectivity index (χ1) is 21.9. The molecule has 7 aromatic rings. The average Bonchev–Trinajstić information content (AvgIpc) is 3.66. The van der Waals surface area contributed by atoms with E-state index in [4.69, 9.17) is 14.7 Å². The number of carbonyl (C=O) groups excluding carboxylic acids is 2. The topological polar surface area (TPSA) is 125 Å². The van der Waals surface area contributed by atoms with E-state index in [1.54, 1.807) is 36.4 Å². The number of carbonyl (C=O) groups is 2. The minimum Gasteiger partial charge on any atom is -0.457 e. The quantitative estimate of drug-likeness (QED) is 0.149. The lowest BCUT2D eigenvalue weighted by Gasteiger charge is -2.07. The minimum atomic E-state index is -0.236. The Hall–Kier alpha value is -6.22. The number of nitrogens with one attached hydrogen (secondary N) is 4. The fraction of sp³-hybridized carbons (Fsp3) is 0.0556. The summed E-state index contributed by atoms with van der Waals surface area (Å²) in [6.07, 6.45) is 0. The second-order valence-electron chi connectivity index (χ2n) is 10.8. The van der Waals surface area contributed by atoms with Crippen LogP contribution in [0.1, 0.15) is 22.8 Å². The Morgan fingerprint density at radius 3 is 1.89 bits per heavy atom. The van der Waals surface area contributed by atoms with Gasteiger partial charge in [-0.15, -0.1) is 0 Å². The zero-order chi connectivity index (χ0) is 30.9. The van der Waals surface area contributed by atoms with Crippen LogP contribution in [0.5, 0.6) is 11.5 Å². The van der Waals surface area contributed by atoms with Gasteiger partial charge >= 0.3 is 0 Å². The number of benzene rings is 5. The molecule has 0 aliphatic carbocycles. The monoisotopic (exact) mass is 592 g/mol. The molecule has 4 N–H and O–H groups in total. The smallest absolute Gasteiger partial charge is 0.255 e. The van der Waals surface area contributed by atoms with Crippen LogP contribution in [0.25, 0.3) is 44.8 Å². The average molecular weight is 593 g/mol. The van der Waals surface area contributed by atoms with Gasteiger partial charge in [0.05, 0.1) is 22.1 Å². The van der Waals surface area contributed by atoms with Gasteiger partial charge < -0.3 is 25.3 Å². The van der Waals surface area contributed by atoms with Crippen molar-refractivity contribution in [3.63, 3.8) is 0 Å². The Morgan fingerprint density at radius 1 is 0.622 bits per heavy atom. The highest BCUT2D eigenvalue weighted by Gasteiger charge is 2.12. The number of nitrogens with zero attached hydrogens (tertiary/aromatic N) is 2. The fourth-order valence-electron chi connectivity index (χ4n) is 5.05. The van der Waals surface area contributed by atoms with E-state index in [9.17, 15) is 9.59 Å². The van der Waals surface area contributed by atoms with Crippen LogP contribution in [0.2, 0.25) is 0 Å². The standard InChI is InChI=1S/C36H28N6O3/c1-21-3-5-23(6-4-21)34-39-30-17-15-28(19-32(30)41-34)45-29-16-18-31-33(20-29)42-35(40-31)24-7-9-25(10-8-24)36(44)38-27-13-11-26(12-14-27)37-22(2)43/h3-20H,1-2H3,(H,37,43)(H,38,44)(H,39,41)(H,40,42). The van der Waals surface area contributed by atoms with Crippen molar-refractivity contribution in [3.05, 3.63) is 120 Å². The summed E-state index contributed by atoms with van der Waals surface area (Å²) in [4.78, 5) is 40.2. The van der Waals surface area contributed by atoms with Gasteiger partial charge in [-0.05, 0) is 67.6 Å². The van der Waals surface area contributed by atoms with Gasteiger partial charge in [-0.3, -0.25) is 9.59 Å². The Labute approximate surface area is 258 Å². The van der Waals surface area contributed by atoms with Gasteiger partial charge in [0, 0.05) is 47.1 Å². The highest BCUT2D eigenvalue weighted by molar-refractivity contribution is 6.04. The molecule has 0 atom stereocenters. The van der Waals surface area contributed by atoms with Crippen LogP contribution < -0.4 is 15.4 Å². The lowest BCUT2D eigenvalue weighted by atomic mass is 10.1. The molecule has 0 unspecified atom stereocenters. The molecule has 5 aromatic carbocycles. The lowest BCUT2D eigenvalue weighted by Crippen LogP contribution is -2.12. The number of aromatic amines is 2. The molecule has 0 radical (unpaired) electrons. The van der Waals surface area contributed by atoms with Gasteiger partial charge in [0.1, 0.15) is 23.1 Å². The first kappa shape index (κ1) is 27.6. The van der Waals surface area contributed by atoms with Crippen molar-refractivity contribution in [2.45, 2.75) is 13.8 Å². The van der Waals surface area contributed by atoms with E-state index < -0.39 is 0 Å². The summed E-state index contributed by atoms with van der Waals surface area (Å²) in [5.41, 5.74) is 8.27. The summed E-state index contributed by atoms with van der Waals surface area (Å²) in [7, 11) is 0. The maximum atomic E-state index is 12.8. The van der Waals surface area contributed by atoms with E-state index in [0.29, 0.717) is 34.3 Å². The molecular formula is C36H28N6O3. The molecule has 0 spiro atoms. The highest BCUT2D eigenvalue weighted by Crippen LogP contribution is 2.30. The molecule has 0 aliphatic heterocycles. The summed E-state index contributed by atoms with van der Waals surface area (Å²) in [6, 6.07) is 33.9. The molecule has 7 rings (SSSR count). The number of imidazole rings is 2. The van der Waals surface area contributed by atoms with Gasteiger partial charge in [0.15, 0.2) is 0 Å². The minimum absolute atomic E-state index is 0.151. The molecule has 2 aromatic heterocycles. The molecule has 9 heteroatoms. The van der Waals surface area contributed by atoms with Crippen molar-refractivity contribution in [2.24, 2.45) is 0 Å². The molecule has 0 saturated heterocycles. The fourth-order valence-corrected chi connectivity index (χ4v) is 5.05. The van der Waals surface area contributed by atoms with Crippen molar-refractivity contribution >= 4 is 45.3 Å². The van der Waals surface area contributed by atoms with Crippen LogP contribution in [0.15, 0.2) is 109 Å². The van der Waals surface area contributed by atoms with Gasteiger partial charge in [-0.25, -0.2) is 9.97 Å². The zero-order valence-corrected chi connectivity index (χ0v) is 24.5. The lowest BCUT2D eigenvalue weighted by molar-refractivity contribution is -0.114. The van der Waals surface area contributed by atoms with E-state index in [0.717, 1.165) is 39.0 Å². The van der Waals surface area contributed by atoms with Crippen molar-refractivity contribution in [1.29, 1.82) is 0 Å². The van der Waals surface area contributed by atoms with E-state index in [2.05, 4.69) is 51.8 Å². The molecule has 0 aliphatic rings. The van der Waals surface area contributed by atoms with Crippen molar-refractivity contribution < 1.29 is 14.3 Å². The Bertz CT molecular complexity index is 2180. The van der Waals surface area contributed by atoms with Crippen molar-refractivity contribution in [2.75, 3.05) is 10.6 Å². The van der Waals surface area contributed by atoms with E-state index in [1.165, 1.54) is 12.5 Å². The maximum absolute atomic E-state index is 12.8. The van der Waals surface area contributed by atoms with E-state index >= 15 is 0 Å². The molecule has 9 nitrogen and oxygen atoms in total. The van der Waals surface area contributed by atoms with Crippen molar-refractivity contribution in [3.8, 4) is 34.3 Å². The van der Waals surface area contributed by atoms with Gasteiger partial charge in [-0.1, -0.05) is 42.0 Å². The van der Waals surface area contributed by atoms with Gasteiger partial charge in [-0.2, -0.15) is 0 Å². The molecule has 220 valence electrons. The van der Waals surface area contributed by atoms with E-state index in [1.807, 2.05) is 48.5 Å². The number of amides is 2. The van der Waals surface area contributed by atoms with E-state index in [-0.39, 0.29) is 11.8 Å². The number of anilines is 2. The third-order valence-corrected chi connectivity index (χ3v) is 7.35. The van der Waals surface area contributed by atoms with Crippen LogP contribution in [0.4, 0.5) is 11.4 Å². The molecule has 45 heavy (non-hydrogen) atoms. The Balaban J connectivity index is 1.04. The number of H-pyrrole nitrogens is 2. The van der Waals surface area contributed by atoms with Crippen LogP contribution >= 0.6 is 0 Å². The Kier molecular flexibility index (Phi) is 7.03. The zero-order valence-electron chi connectivity index (χ0n) is 24.5. The highest BCUT2D eigenvalue weighted by atomic mass is 16.5. The van der Waals surface area contributed by atoms with Crippen LogP contribution in [-0.4, -0.2) is 31.8 Å². The third kappa shape index (κ3) is 6.00. The molecular weight excluding hydrogens is 564 g/mol. The number of hydrogen-bond donors (Lipinski definition) is 4. The maximum Gasteiger partial charge on any atom is 0.255 e. The summed E-state index contributed by atoms with van der Waals surface area (Å²) >= 11 is 0. The number of aromatic nitrogens is 4. The Morgan fingerprint density at radius 2 is 1.20 bits per heavy atom. The molecule has 0 bridgehead atoms. The molecule has 0 saturated carbocycles. The number of rotatable bonds is 7. The van der Waals surface area contributed by atoms with Crippen molar-refractivity contribution in [1.82, 2.24) is 19.9 Å². The summed E-state index contributed by atoms with van der Waals surface area (Å²) in [5, 5.41) is 5.58. The largest absolute Gasteiger partial charge is 0.457 e. The first-order valence-corrected chi connectivity index (χ1v) is 14.4. The van der Waals surface area contributed by atoms with Gasteiger partial charge in [0.25, 0.3) is 5.91 Å².